The SMILES string of the molecule is CCCCCCC/C=C\C/C=C\CCCCCCCCCCCCCCCCCCCCCCCCCCCCCC(=O)NC(CO)C(O)/C=C/CCCCCCCCCCCCCCCCCCCCCCCCCC. The maximum Gasteiger partial charge on any atom is 0.220 e. The Hall–Kier alpha value is -1.39. The smallest absolute Gasteiger partial charge is 0.220 e. The van der Waals surface area contributed by atoms with E-state index >= 15 is 0 Å². The maximum absolute atomic E-state index is 12.5. The molecule has 1 amide bonds. The summed E-state index contributed by atoms with van der Waals surface area (Å²) >= 11 is 0. The van der Waals surface area contributed by atoms with Crippen LogP contribution in [-0.4, -0.2) is 34.9 Å². The van der Waals surface area contributed by atoms with Crippen molar-refractivity contribution in [2.45, 2.75) is 418 Å². The van der Waals surface area contributed by atoms with Crippen LogP contribution < -0.4 is 5.32 Å². The van der Waals surface area contributed by atoms with E-state index in [-0.39, 0.29) is 12.5 Å². The predicted octanol–water partition coefficient (Wildman–Crippen LogP) is 24.3. The van der Waals surface area contributed by atoms with Crippen LogP contribution in [0.15, 0.2) is 36.5 Å². The fraction of sp³-hybridized carbons (Fsp3) is 0.904. The van der Waals surface area contributed by atoms with Crippen molar-refractivity contribution >= 4 is 5.91 Å². The van der Waals surface area contributed by atoms with Gasteiger partial charge < -0.3 is 15.5 Å². The highest BCUT2D eigenvalue weighted by molar-refractivity contribution is 5.76. The second-order valence-corrected chi connectivity index (χ2v) is 24.7. The zero-order valence-corrected chi connectivity index (χ0v) is 52.8. The van der Waals surface area contributed by atoms with Crippen LogP contribution in [0.2, 0.25) is 0 Å². The highest BCUT2D eigenvalue weighted by Crippen LogP contribution is 2.19. The highest BCUT2D eigenvalue weighted by atomic mass is 16.3. The van der Waals surface area contributed by atoms with Gasteiger partial charge in [-0.25, -0.2) is 0 Å². The maximum atomic E-state index is 12.5. The molecule has 0 aromatic carbocycles. The molecule has 77 heavy (non-hydrogen) atoms. The molecule has 0 aromatic rings. The summed E-state index contributed by atoms with van der Waals surface area (Å²) in [5, 5.41) is 23.3. The lowest BCUT2D eigenvalue weighted by atomic mass is 10.0. The van der Waals surface area contributed by atoms with Crippen molar-refractivity contribution in [3.05, 3.63) is 36.5 Å². The highest BCUT2D eigenvalue weighted by Gasteiger charge is 2.18. The Bertz CT molecular complexity index is 1180. The first-order valence-electron chi connectivity index (χ1n) is 35.7. The molecule has 0 heterocycles. The molecule has 0 saturated heterocycles. The number of allylic oxidation sites excluding steroid dienone is 5. The summed E-state index contributed by atoms with van der Waals surface area (Å²) in [6, 6.07) is -0.621. The quantitative estimate of drug-likeness (QED) is 0.0420. The summed E-state index contributed by atoms with van der Waals surface area (Å²) in [7, 11) is 0. The molecule has 0 aliphatic carbocycles. The first-order chi connectivity index (χ1) is 38.2. The fourth-order valence-electron chi connectivity index (χ4n) is 11.5. The molecule has 0 aliphatic heterocycles. The molecule has 0 aliphatic rings. The van der Waals surface area contributed by atoms with Gasteiger partial charge in [0.05, 0.1) is 18.8 Å². The first kappa shape index (κ1) is 75.6. The number of aliphatic hydroxyl groups is 2. The summed E-state index contributed by atoms with van der Waals surface area (Å²) in [4.78, 5) is 12.5. The minimum Gasteiger partial charge on any atom is -0.394 e. The van der Waals surface area contributed by atoms with E-state index in [0.29, 0.717) is 6.42 Å². The van der Waals surface area contributed by atoms with E-state index in [2.05, 4.69) is 43.5 Å². The molecule has 4 nitrogen and oxygen atoms in total. The third-order valence-corrected chi connectivity index (χ3v) is 16.9. The summed E-state index contributed by atoms with van der Waals surface area (Å²) in [6.45, 7) is 4.35. The van der Waals surface area contributed by atoms with Gasteiger partial charge in [-0.15, -0.1) is 0 Å². The van der Waals surface area contributed by atoms with Crippen LogP contribution in [0.25, 0.3) is 0 Å². The van der Waals surface area contributed by atoms with Crippen LogP contribution in [-0.2, 0) is 4.79 Å². The average molecular weight is 1080 g/mol. The van der Waals surface area contributed by atoms with Crippen LogP contribution in [0.3, 0.4) is 0 Å². The van der Waals surface area contributed by atoms with Crippen LogP contribution in [0.1, 0.15) is 406 Å². The number of carbonyl (C=O) groups excluding carboxylic acids is 1. The van der Waals surface area contributed by atoms with Crippen molar-refractivity contribution in [1.82, 2.24) is 5.32 Å². The third-order valence-electron chi connectivity index (χ3n) is 16.9. The lowest BCUT2D eigenvalue weighted by Crippen LogP contribution is -2.45. The third kappa shape index (κ3) is 65.3. The Kier molecular flexibility index (Phi) is 67.6. The van der Waals surface area contributed by atoms with Crippen molar-refractivity contribution in [2.24, 2.45) is 0 Å². The second kappa shape index (κ2) is 68.9. The molecule has 456 valence electrons. The Morgan fingerprint density at radius 2 is 0.532 bits per heavy atom. The number of amides is 1. The van der Waals surface area contributed by atoms with E-state index in [9.17, 15) is 15.0 Å². The Morgan fingerprint density at radius 3 is 0.779 bits per heavy atom. The van der Waals surface area contributed by atoms with E-state index in [1.807, 2.05) is 6.08 Å². The molecule has 0 aromatic heterocycles. The number of hydrogen-bond donors (Lipinski definition) is 3. The number of carbonyl (C=O) groups is 1. The number of hydrogen-bond acceptors (Lipinski definition) is 3. The predicted molar refractivity (Wildman–Crippen MR) is 345 cm³/mol. The van der Waals surface area contributed by atoms with Crippen molar-refractivity contribution in [3.63, 3.8) is 0 Å². The van der Waals surface area contributed by atoms with E-state index in [1.54, 1.807) is 6.08 Å². The van der Waals surface area contributed by atoms with E-state index in [0.717, 1.165) is 32.1 Å². The van der Waals surface area contributed by atoms with Gasteiger partial charge in [-0.3, -0.25) is 4.79 Å². The summed E-state index contributed by atoms with van der Waals surface area (Å²) < 4.78 is 0. The monoisotopic (exact) mass is 1080 g/mol. The number of nitrogens with one attached hydrogen (secondary N) is 1. The van der Waals surface area contributed by atoms with Crippen molar-refractivity contribution in [2.75, 3.05) is 6.61 Å². The van der Waals surface area contributed by atoms with Crippen molar-refractivity contribution in [1.29, 1.82) is 0 Å². The molecule has 2 unspecified atom stereocenters. The molecule has 2 atom stereocenters. The van der Waals surface area contributed by atoms with Gasteiger partial charge in [0, 0.05) is 6.42 Å². The van der Waals surface area contributed by atoms with Crippen LogP contribution in [0, 0.1) is 0 Å². The van der Waals surface area contributed by atoms with Crippen LogP contribution in [0.5, 0.6) is 0 Å². The minimum absolute atomic E-state index is 0.0546. The molecule has 0 rings (SSSR count). The second-order valence-electron chi connectivity index (χ2n) is 24.7. The lowest BCUT2D eigenvalue weighted by Gasteiger charge is -2.20. The van der Waals surface area contributed by atoms with Gasteiger partial charge in [0.25, 0.3) is 0 Å². The molecular weight excluding hydrogens is 939 g/mol. The van der Waals surface area contributed by atoms with Crippen molar-refractivity contribution in [3.8, 4) is 0 Å². The number of rotatable bonds is 67. The first-order valence-corrected chi connectivity index (χ1v) is 35.7. The summed E-state index contributed by atoms with van der Waals surface area (Å²) in [6.07, 6.45) is 95.3. The molecule has 3 N–H and O–H groups in total. The normalized spacial score (nSPS) is 12.8. The Labute approximate surface area is 484 Å². The lowest BCUT2D eigenvalue weighted by molar-refractivity contribution is -0.123. The molecule has 0 spiro atoms. The zero-order chi connectivity index (χ0) is 55.5. The minimum atomic E-state index is -0.839. The topological polar surface area (TPSA) is 69.6 Å². The zero-order valence-electron chi connectivity index (χ0n) is 52.8. The fourth-order valence-corrected chi connectivity index (χ4v) is 11.5. The number of aliphatic hydroxyl groups excluding tert-OH is 2. The molecular formula is C73H141NO3. The van der Waals surface area contributed by atoms with E-state index in [4.69, 9.17) is 0 Å². The van der Waals surface area contributed by atoms with Gasteiger partial charge >= 0.3 is 0 Å². The van der Waals surface area contributed by atoms with Crippen LogP contribution in [0.4, 0.5) is 0 Å². The standard InChI is InChI=1S/C73H141NO3/c1-3-5-7-9-11-13-15-17-19-21-23-25-27-29-31-32-33-34-35-36-37-38-39-40-41-42-43-45-47-49-51-53-55-57-59-61-63-65-67-69-73(77)74-71(70-75)72(76)68-66-64-62-60-58-56-54-52-50-48-46-44-30-28-26-24-22-20-18-16-14-12-10-8-6-4-2/h15,17,21,23,66,68,71-72,75-76H,3-14,16,18-20,22,24-65,67,69-70H2,1-2H3,(H,74,77)/b17-15-,23-21-,68-66+. The largest absolute Gasteiger partial charge is 0.394 e. The molecule has 0 bridgehead atoms. The van der Waals surface area contributed by atoms with Crippen LogP contribution >= 0.6 is 0 Å². The number of unbranched alkanes of at least 4 members (excludes halogenated alkanes) is 56. The molecule has 0 saturated carbocycles. The van der Waals surface area contributed by atoms with Gasteiger partial charge in [0.1, 0.15) is 0 Å². The van der Waals surface area contributed by atoms with E-state index in [1.165, 1.54) is 353 Å². The van der Waals surface area contributed by atoms with Gasteiger partial charge in [0.2, 0.25) is 5.91 Å². The van der Waals surface area contributed by atoms with Gasteiger partial charge in [-0.05, 0) is 51.4 Å². The Morgan fingerprint density at radius 1 is 0.312 bits per heavy atom. The Balaban J connectivity index is 3.39. The average Bonchev–Trinajstić information content (AvgIpc) is 3.43. The van der Waals surface area contributed by atoms with Gasteiger partial charge in [-0.1, -0.05) is 384 Å². The summed E-state index contributed by atoms with van der Waals surface area (Å²) in [5.41, 5.74) is 0. The molecule has 0 fully saturated rings. The van der Waals surface area contributed by atoms with Gasteiger partial charge in [-0.2, -0.15) is 0 Å². The molecule has 4 heteroatoms. The van der Waals surface area contributed by atoms with Crippen molar-refractivity contribution < 1.29 is 15.0 Å². The molecule has 0 radical (unpaired) electrons. The van der Waals surface area contributed by atoms with E-state index < -0.39 is 12.1 Å². The van der Waals surface area contributed by atoms with Gasteiger partial charge in [0.15, 0.2) is 0 Å². The summed E-state index contributed by atoms with van der Waals surface area (Å²) in [5.74, 6) is -0.0546.